The number of benzene rings is 2. The van der Waals surface area contributed by atoms with Gasteiger partial charge >= 0.3 is 5.69 Å². The molecule has 0 bridgehead atoms. The van der Waals surface area contributed by atoms with Crippen LogP contribution in [0.15, 0.2) is 63.0 Å². The number of hydrogen-bond donors (Lipinski definition) is 2. The molecule has 0 unspecified atom stereocenters. The number of sulfone groups is 1. The molecule has 0 aliphatic heterocycles. The Hall–Kier alpha value is -3.74. The fraction of sp³-hybridized carbons (Fsp3) is 0.433. The summed E-state index contributed by atoms with van der Waals surface area (Å²) in [6.45, 7) is 6.79. The van der Waals surface area contributed by atoms with E-state index in [9.17, 15) is 23.1 Å². The van der Waals surface area contributed by atoms with Crippen LogP contribution >= 0.6 is 0 Å². The predicted molar refractivity (Wildman–Crippen MR) is 165 cm³/mol. The lowest BCUT2D eigenvalue weighted by Crippen LogP contribution is -2.41. The van der Waals surface area contributed by atoms with E-state index in [4.69, 9.17) is 10.7 Å². The molecule has 0 atom stereocenters. The molecule has 12 heteroatoms. The maximum atomic E-state index is 13.8. The van der Waals surface area contributed by atoms with Crippen molar-refractivity contribution >= 4 is 26.7 Å². The van der Waals surface area contributed by atoms with E-state index >= 15 is 0 Å². The van der Waals surface area contributed by atoms with Crippen molar-refractivity contribution in [2.45, 2.75) is 57.6 Å². The minimum absolute atomic E-state index is 0.0199. The van der Waals surface area contributed by atoms with Crippen molar-refractivity contribution in [2.24, 2.45) is 0 Å². The third-order valence-corrected chi connectivity index (χ3v) is 8.59. The Morgan fingerprint density at radius 1 is 0.881 bits per heavy atom. The number of nitrogens with two attached hydrogens (primary N) is 1. The normalized spacial score (nSPS) is 12.0. The van der Waals surface area contributed by atoms with Gasteiger partial charge in [-0.05, 0) is 54.8 Å². The van der Waals surface area contributed by atoms with E-state index in [0.29, 0.717) is 68.1 Å². The average Bonchev–Trinajstić information content (AvgIpc) is 3.31. The predicted octanol–water partition coefficient (Wildman–Crippen LogP) is 1.90. The SMILES string of the molecule is CCCn1c(=O)c2c(nc(Cc3ccc(S(C)(=O)=O)cc3)n2CCN(CC)CCO)n(CCc2ccc(N)cc2)c1=O. The lowest BCUT2D eigenvalue weighted by atomic mass is 10.1. The van der Waals surface area contributed by atoms with Crippen LogP contribution in [0.25, 0.3) is 11.2 Å². The third kappa shape index (κ3) is 7.00. The van der Waals surface area contributed by atoms with Crippen molar-refractivity contribution in [1.82, 2.24) is 23.6 Å². The molecule has 2 aromatic heterocycles. The van der Waals surface area contributed by atoms with E-state index in [-0.39, 0.29) is 23.6 Å². The lowest BCUT2D eigenvalue weighted by Gasteiger charge is -2.20. The Balaban J connectivity index is 1.86. The highest BCUT2D eigenvalue weighted by atomic mass is 32.2. The van der Waals surface area contributed by atoms with E-state index in [1.807, 2.05) is 42.7 Å². The second kappa shape index (κ2) is 13.5. The second-order valence-electron chi connectivity index (χ2n) is 10.5. The van der Waals surface area contributed by atoms with Crippen LogP contribution in [0.4, 0.5) is 5.69 Å². The first-order valence-electron chi connectivity index (χ1n) is 14.3. The molecule has 42 heavy (non-hydrogen) atoms. The minimum Gasteiger partial charge on any atom is -0.399 e. The van der Waals surface area contributed by atoms with Crippen molar-refractivity contribution in [3.8, 4) is 0 Å². The number of hydrogen-bond acceptors (Lipinski definition) is 8. The van der Waals surface area contributed by atoms with Crippen LogP contribution in [0, 0.1) is 0 Å². The smallest absolute Gasteiger partial charge is 0.332 e. The van der Waals surface area contributed by atoms with Gasteiger partial charge in [-0.25, -0.2) is 18.2 Å². The summed E-state index contributed by atoms with van der Waals surface area (Å²) in [6, 6.07) is 14.1. The van der Waals surface area contributed by atoms with Gasteiger partial charge in [-0.3, -0.25) is 18.8 Å². The highest BCUT2D eigenvalue weighted by Gasteiger charge is 2.22. The molecule has 2 heterocycles. The monoisotopic (exact) mass is 596 g/mol. The van der Waals surface area contributed by atoms with Gasteiger partial charge in [0.1, 0.15) is 5.82 Å². The number of anilines is 1. The van der Waals surface area contributed by atoms with Gasteiger partial charge < -0.3 is 15.4 Å². The zero-order chi connectivity index (χ0) is 30.4. The van der Waals surface area contributed by atoms with Gasteiger partial charge in [0.25, 0.3) is 5.56 Å². The molecule has 0 saturated carbocycles. The summed E-state index contributed by atoms with van der Waals surface area (Å²) >= 11 is 0. The highest BCUT2D eigenvalue weighted by molar-refractivity contribution is 7.90. The zero-order valence-electron chi connectivity index (χ0n) is 24.5. The van der Waals surface area contributed by atoms with Crippen molar-refractivity contribution in [1.29, 1.82) is 0 Å². The van der Waals surface area contributed by atoms with E-state index in [0.717, 1.165) is 23.9 Å². The van der Waals surface area contributed by atoms with Crippen molar-refractivity contribution in [3.63, 3.8) is 0 Å². The second-order valence-corrected chi connectivity index (χ2v) is 12.5. The van der Waals surface area contributed by atoms with Gasteiger partial charge in [-0.2, -0.15) is 0 Å². The van der Waals surface area contributed by atoms with Gasteiger partial charge in [0.15, 0.2) is 21.0 Å². The lowest BCUT2D eigenvalue weighted by molar-refractivity contribution is 0.197. The molecule has 0 aliphatic carbocycles. The van der Waals surface area contributed by atoms with Gasteiger partial charge in [0.05, 0.1) is 11.5 Å². The maximum Gasteiger partial charge on any atom is 0.332 e. The standard InChI is InChI=1S/C30H40N6O5S/c1-4-15-36-29(38)27-28(35(30(36)39)16-14-22-6-10-24(31)11-7-22)32-26(34(27)18-17-33(5-2)19-20-37)21-23-8-12-25(13-9-23)42(3,40)41/h6-13,37H,4-5,14-21,31H2,1-3H3. The third-order valence-electron chi connectivity index (χ3n) is 7.46. The molecule has 0 aliphatic rings. The number of likely N-dealkylation sites (N-methyl/N-ethyl adjacent to an activating group) is 1. The topological polar surface area (TPSA) is 145 Å². The van der Waals surface area contributed by atoms with Crippen LogP contribution in [0.3, 0.4) is 0 Å². The zero-order valence-corrected chi connectivity index (χ0v) is 25.3. The van der Waals surface area contributed by atoms with Gasteiger partial charge in [-0.15, -0.1) is 0 Å². The first-order chi connectivity index (χ1) is 20.1. The summed E-state index contributed by atoms with van der Waals surface area (Å²) in [4.78, 5) is 34.7. The fourth-order valence-electron chi connectivity index (χ4n) is 5.11. The van der Waals surface area contributed by atoms with E-state index in [2.05, 4.69) is 4.90 Å². The van der Waals surface area contributed by atoms with Crippen LogP contribution in [0.2, 0.25) is 0 Å². The fourth-order valence-corrected chi connectivity index (χ4v) is 5.74. The molecule has 4 rings (SSSR count). The van der Waals surface area contributed by atoms with Crippen LogP contribution < -0.4 is 17.0 Å². The Morgan fingerprint density at radius 3 is 2.14 bits per heavy atom. The summed E-state index contributed by atoms with van der Waals surface area (Å²) in [6.07, 6.45) is 2.67. The molecule has 0 saturated heterocycles. The highest BCUT2D eigenvalue weighted by Crippen LogP contribution is 2.19. The average molecular weight is 597 g/mol. The summed E-state index contributed by atoms with van der Waals surface area (Å²) in [5, 5.41) is 9.50. The quantitative estimate of drug-likeness (QED) is 0.210. The number of nitrogens with zero attached hydrogens (tertiary/aromatic N) is 5. The molecule has 2 aromatic carbocycles. The molecule has 0 spiro atoms. The van der Waals surface area contributed by atoms with Crippen LogP contribution in [-0.4, -0.2) is 69.6 Å². The Labute approximate surface area is 245 Å². The van der Waals surface area contributed by atoms with Crippen LogP contribution in [0.1, 0.15) is 37.2 Å². The Bertz CT molecular complexity index is 1740. The molecule has 0 fully saturated rings. The van der Waals surface area contributed by atoms with Crippen molar-refractivity contribution in [3.05, 3.63) is 86.3 Å². The first-order valence-corrected chi connectivity index (χ1v) is 16.2. The van der Waals surface area contributed by atoms with E-state index in [1.165, 1.54) is 4.57 Å². The first kappa shape index (κ1) is 31.2. The number of fused-ring (bicyclic) bond motifs is 1. The number of aromatic nitrogens is 4. The number of aliphatic hydroxyl groups is 1. The molecule has 0 radical (unpaired) electrons. The number of rotatable bonds is 14. The molecular weight excluding hydrogens is 556 g/mol. The number of aryl methyl sites for hydroxylation is 2. The van der Waals surface area contributed by atoms with E-state index in [1.54, 1.807) is 28.8 Å². The largest absolute Gasteiger partial charge is 0.399 e. The summed E-state index contributed by atoms with van der Waals surface area (Å²) < 4.78 is 28.7. The number of nitrogen functional groups attached to an aromatic ring is 1. The van der Waals surface area contributed by atoms with Gasteiger partial charge in [-0.1, -0.05) is 38.1 Å². The Morgan fingerprint density at radius 2 is 1.55 bits per heavy atom. The van der Waals surface area contributed by atoms with Gasteiger partial charge in [0.2, 0.25) is 0 Å². The molecule has 226 valence electrons. The maximum absolute atomic E-state index is 13.8. The van der Waals surface area contributed by atoms with Crippen molar-refractivity contribution < 1.29 is 13.5 Å². The van der Waals surface area contributed by atoms with Gasteiger partial charge in [0, 0.05) is 51.1 Å². The molecule has 0 amide bonds. The minimum atomic E-state index is -3.34. The van der Waals surface area contributed by atoms with Crippen molar-refractivity contribution in [2.75, 3.05) is 38.2 Å². The molecule has 11 nitrogen and oxygen atoms in total. The Kier molecular flexibility index (Phi) is 10.0. The van der Waals surface area contributed by atoms with E-state index < -0.39 is 15.5 Å². The number of imidazole rings is 1. The molecule has 3 N–H and O–H groups in total. The van der Waals surface area contributed by atoms with Crippen LogP contribution in [0.5, 0.6) is 0 Å². The molecule has 4 aromatic rings. The summed E-state index contributed by atoms with van der Waals surface area (Å²) in [5.41, 5.74) is 8.25. The summed E-state index contributed by atoms with van der Waals surface area (Å²) in [5.74, 6) is 0.601. The number of aliphatic hydroxyl groups excluding tert-OH is 1. The molecular formula is C30H40N6O5S. The van der Waals surface area contributed by atoms with Crippen LogP contribution in [-0.2, 0) is 42.3 Å². The summed E-state index contributed by atoms with van der Waals surface area (Å²) in [7, 11) is -3.34.